The van der Waals surface area contributed by atoms with E-state index in [1.165, 1.54) is 17.5 Å². The van der Waals surface area contributed by atoms with Crippen LogP contribution in [-0.2, 0) is 13.0 Å². The lowest BCUT2D eigenvalue weighted by atomic mass is 10.0. The Morgan fingerprint density at radius 2 is 2.10 bits per heavy atom. The summed E-state index contributed by atoms with van der Waals surface area (Å²) < 4.78 is 0. The molecular formula is C18H20N2S. The highest BCUT2D eigenvalue weighted by Gasteiger charge is 2.24. The minimum atomic E-state index is 0.413. The molecule has 0 saturated carbocycles. The van der Waals surface area contributed by atoms with Gasteiger partial charge in [-0.15, -0.1) is 11.3 Å². The SMILES string of the molecule is CC1c2ccsc2CCN1Cc1ccc(C#CCN)cc1. The summed E-state index contributed by atoms with van der Waals surface area (Å²) in [6.07, 6.45) is 1.18. The van der Waals surface area contributed by atoms with Crippen molar-refractivity contribution in [2.24, 2.45) is 5.73 Å². The summed E-state index contributed by atoms with van der Waals surface area (Å²) in [7, 11) is 0. The fraction of sp³-hybridized carbons (Fsp3) is 0.333. The van der Waals surface area contributed by atoms with Crippen molar-refractivity contribution in [2.45, 2.75) is 25.9 Å². The molecule has 2 N–H and O–H groups in total. The van der Waals surface area contributed by atoms with Crippen LogP contribution in [0.4, 0.5) is 0 Å². The number of benzene rings is 1. The summed E-state index contributed by atoms with van der Waals surface area (Å²) in [6.45, 7) is 4.87. The van der Waals surface area contributed by atoms with Gasteiger partial charge < -0.3 is 5.73 Å². The van der Waals surface area contributed by atoms with E-state index in [1.54, 1.807) is 4.88 Å². The molecule has 0 spiro atoms. The number of hydrogen-bond acceptors (Lipinski definition) is 3. The van der Waals surface area contributed by atoms with Gasteiger partial charge in [-0.2, -0.15) is 0 Å². The molecule has 0 radical (unpaired) electrons. The first kappa shape index (κ1) is 14.3. The zero-order valence-electron chi connectivity index (χ0n) is 12.3. The van der Waals surface area contributed by atoms with E-state index in [0.29, 0.717) is 12.6 Å². The van der Waals surface area contributed by atoms with Crippen LogP contribution in [0.25, 0.3) is 0 Å². The molecule has 3 heteroatoms. The largest absolute Gasteiger partial charge is 0.320 e. The van der Waals surface area contributed by atoms with Gasteiger partial charge in [-0.1, -0.05) is 24.0 Å². The highest BCUT2D eigenvalue weighted by atomic mass is 32.1. The van der Waals surface area contributed by atoms with Gasteiger partial charge in [0.25, 0.3) is 0 Å². The summed E-state index contributed by atoms with van der Waals surface area (Å²) in [5.74, 6) is 5.96. The molecule has 2 heterocycles. The van der Waals surface area contributed by atoms with Crippen LogP contribution in [0.15, 0.2) is 35.7 Å². The smallest absolute Gasteiger partial charge is 0.0555 e. The summed E-state index contributed by atoms with van der Waals surface area (Å²) in [5, 5.41) is 2.22. The van der Waals surface area contributed by atoms with Crippen LogP contribution in [0.5, 0.6) is 0 Å². The maximum Gasteiger partial charge on any atom is 0.0555 e. The number of fused-ring (bicyclic) bond motifs is 1. The second kappa shape index (κ2) is 6.44. The summed E-state index contributed by atoms with van der Waals surface area (Å²) in [4.78, 5) is 4.11. The molecule has 0 aliphatic carbocycles. The molecule has 108 valence electrons. The first-order valence-electron chi connectivity index (χ1n) is 7.36. The molecule has 1 aliphatic heterocycles. The Labute approximate surface area is 130 Å². The molecule has 0 fully saturated rings. The van der Waals surface area contributed by atoms with Gasteiger partial charge in [0.15, 0.2) is 0 Å². The highest BCUT2D eigenvalue weighted by Crippen LogP contribution is 2.33. The van der Waals surface area contributed by atoms with Crippen LogP contribution in [-0.4, -0.2) is 18.0 Å². The third kappa shape index (κ3) is 3.19. The Balaban J connectivity index is 1.70. The van der Waals surface area contributed by atoms with Crippen molar-refractivity contribution in [3.63, 3.8) is 0 Å². The molecular weight excluding hydrogens is 276 g/mol. The van der Waals surface area contributed by atoms with Gasteiger partial charge in [0.1, 0.15) is 0 Å². The minimum absolute atomic E-state index is 0.413. The lowest BCUT2D eigenvalue weighted by Gasteiger charge is -2.33. The van der Waals surface area contributed by atoms with Gasteiger partial charge in [-0.3, -0.25) is 4.90 Å². The van der Waals surface area contributed by atoms with Crippen molar-refractivity contribution in [2.75, 3.05) is 13.1 Å². The summed E-state index contributed by atoms with van der Waals surface area (Å²) >= 11 is 1.89. The van der Waals surface area contributed by atoms with E-state index in [2.05, 4.69) is 59.4 Å². The fourth-order valence-corrected chi connectivity index (χ4v) is 3.82. The highest BCUT2D eigenvalue weighted by molar-refractivity contribution is 7.10. The Hall–Kier alpha value is -1.60. The third-order valence-electron chi connectivity index (χ3n) is 4.08. The van der Waals surface area contributed by atoms with Gasteiger partial charge in [-0.25, -0.2) is 0 Å². The standard InChI is InChI=1S/C18H20N2S/c1-14-17-9-12-21-18(17)8-11-20(14)13-16-6-4-15(5-7-16)3-2-10-19/h4-7,9,12,14H,8,10-11,13,19H2,1H3. The van der Waals surface area contributed by atoms with Crippen molar-refractivity contribution in [3.05, 3.63) is 57.3 Å². The van der Waals surface area contributed by atoms with E-state index < -0.39 is 0 Å². The maximum atomic E-state index is 5.40. The lowest BCUT2D eigenvalue weighted by Crippen LogP contribution is -2.32. The number of nitrogens with two attached hydrogens (primary N) is 1. The van der Waals surface area contributed by atoms with Crippen LogP contribution in [0.3, 0.4) is 0 Å². The van der Waals surface area contributed by atoms with E-state index in [0.717, 1.165) is 18.7 Å². The fourth-order valence-electron chi connectivity index (χ4n) is 2.86. The number of nitrogens with zero attached hydrogens (tertiary/aromatic N) is 1. The van der Waals surface area contributed by atoms with Gasteiger partial charge >= 0.3 is 0 Å². The van der Waals surface area contributed by atoms with Crippen molar-refractivity contribution in [1.29, 1.82) is 0 Å². The van der Waals surface area contributed by atoms with E-state index >= 15 is 0 Å². The van der Waals surface area contributed by atoms with Crippen LogP contribution < -0.4 is 5.73 Å². The summed E-state index contributed by atoms with van der Waals surface area (Å²) in [5.41, 5.74) is 9.29. The normalized spacial score (nSPS) is 17.9. The number of rotatable bonds is 2. The molecule has 1 aromatic heterocycles. The number of thiophene rings is 1. The Bertz CT molecular complexity index is 661. The first-order valence-corrected chi connectivity index (χ1v) is 8.24. The van der Waals surface area contributed by atoms with E-state index in [9.17, 15) is 0 Å². The quantitative estimate of drug-likeness (QED) is 0.863. The predicted molar refractivity (Wildman–Crippen MR) is 89.2 cm³/mol. The van der Waals surface area contributed by atoms with E-state index in [4.69, 9.17) is 5.73 Å². The lowest BCUT2D eigenvalue weighted by molar-refractivity contribution is 0.191. The molecule has 1 unspecified atom stereocenters. The van der Waals surface area contributed by atoms with E-state index in [1.807, 2.05) is 11.3 Å². The van der Waals surface area contributed by atoms with Gasteiger partial charge in [0.2, 0.25) is 0 Å². The molecule has 21 heavy (non-hydrogen) atoms. The van der Waals surface area contributed by atoms with Crippen molar-refractivity contribution in [3.8, 4) is 11.8 Å². The molecule has 2 nitrogen and oxygen atoms in total. The Morgan fingerprint density at radius 3 is 2.86 bits per heavy atom. The first-order chi connectivity index (χ1) is 10.3. The van der Waals surface area contributed by atoms with Gasteiger partial charge in [-0.05, 0) is 48.1 Å². The second-order valence-corrected chi connectivity index (χ2v) is 6.40. The topological polar surface area (TPSA) is 29.3 Å². The molecule has 1 aromatic carbocycles. The van der Waals surface area contributed by atoms with Gasteiger partial charge in [0, 0.05) is 29.6 Å². The zero-order valence-corrected chi connectivity index (χ0v) is 13.1. The van der Waals surface area contributed by atoms with Crippen molar-refractivity contribution in [1.82, 2.24) is 4.90 Å². The zero-order chi connectivity index (χ0) is 14.7. The Morgan fingerprint density at radius 1 is 1.29 bits per heavy atom. The molecule has 2 aromatic rings. The monoisotopic (exact) mass is 296 g/mol. The summed E-state index contributed by atoms with van der Waals surface area (Å²) in [6, 6.07) is 11.3. The molecule has 1 aliphatic rings. The minimum Gasteiger partial charge on any atom is -0.320 e. The molecule has 0 bridgehead atoms. The van der Waals surface area contributed by atoms with E-state index in [-0.39, 0.29) is 0 Å². The van der Waals surface area contributed by atoms with Crippen LogP contribution >= 0.6 is 11.3 Å². The predicted octanol–water partition coefficient (Wildman–Crippen LogP) is 3.18. The van der Waals surface area contributed by atoms with Crippen molar-refractivity contribution >= 4 is 11.3 Å². The van der Waals surface area contributed by atoms with Gasteiger partial charge in [0.05, 0.1) is 6.54 Å². The molecule has 3 rings (SSSR count). The molecule has 1 atom stereocenters. The van der Waals surface area contributed by atoms with Crippen LogP contribution in [0, 0.1) is 11.8 Å². The number of hydrogen-bond donors (Lipinski definition) is 1. The third-order valence-corrected chi connectivity index (χ3v) is 5.07. The maximum absolute atomic E-state index is 5.40. The van der Waals surface area contributed by atoms with Crippen molar-refractivity contribution < 1.29 is 0 Å². The van der Waals surface area contributed by atoms with Crippen LogP contribution in [0.1, 0.15) is 34.5 Å². The average molecular weight is 296 g/mol. The molecule has 0 amide bonds. The average Bonchev–Trinajstić information content (AvgIpc) is 2.99. The Kier molecular flexibility index (Phi) is 4.40. The van der Waals surface area contributed by atoms with Crippen LogP contribution in [0.2, 0.25) is 0 Å². The molecule has 0 saturated heterocycles. The second-order valence-electron chi connectivity index (χ2n) is 5.40.